The molecule has 9 nitrogen and oxygen atoms in total. The first kappa shape index (κ1) is 16.5. The number of aromatic nitrogens is 6. The van der Waals surface area contributed by atoms with Gasteiger partial charge < -0.3 is 14.3 Å². The molecule has 3 aromatic heterocycles. The SMILES string of the molecule is Fc1cc(F)n(OB(On2nc(F)cc2F)On2nc(F)cc2F)n1. The Labute approximate surface area is 132 Å². The van der Waals surface area contributed by atoms with E-state index in [9.17, 15) is 26.3 Å². The number of hydrogen-bond acceptors (Lipinski definition) is 6. The summed E-state index contributed by atoms with van der Waals surface area (Å²) in [5.74, 6) is -8.13. The van der Waals surface area contributed by atoms with Gasteiger partial charge in [0.1, 0.15) is 0 Å². The molecule has 0 aliphatic carbocycles. The zero-order valence-electron chi connectivity index (χ0n) is 11.5. The summed E-state index contributed by atoms with van der Waals surface area (Å²) in [5.41, 5.74) is 0. The Morgan fingerprint density at radius 2 is 0.880 bits per heavy atom. The quantitative estimate of drug-likeness (QED) is 0.442. The van der Waals surface area contributed by atoms with Crippen molar-refractivity contribution in [1.82, 2.24) is 29.8 Å². The third kappa shape index (κ3) is 3.61. The lowest BCUT2D eigenvalue weighted by Crippen LogP contribution is -2.50. The topological polar surface area (TPSA) is 81.1 Å². The van der Waals surface area contributed by atoms with Crippen LogP contribution in [0.15, 0.2) is 18.2 Å². The standard InChI is InChI=1S/C9H3BF6N6O3/c11-4-1-7(14)20(17-4)23-10(24-21-8(15)2-5(12)18-21)25-22-9(16)3-6(13)19-22/h1-3H. The van der Waals surface area contributed by atoms with Crippen molar-refractivity contribution in [3.63, 3.8) is 0 Å². The largest absolute Gasteiger partial charge is 0.929 e. The van der Waals surface area contributed by atoms with Crippen molar-refractivity contribution in [2.45, 2.75) is 0 Å². The Morgan fingerprint density at radius 3 is 1.08 bits per heavy atom. The van der Waals surface area contributed by atoms with Gasteiger partial charge in [-0.25, -0.2) is 0 Å². The lowest BCUT2D eigenvalue weighted by Gasteiger charge is -2.14. The molecular formula is C9H3BF6N6O3. The summed E-state index contributed by atoms with van der Waals surface area (Å²) >= 11 is 0. The van der Waals surface area contributed by atoms with Crippen LogP contribution in [0.3, 0.4) is 0 Å². The van der Waals surface area contributed by atoms with Gasteiger partial charge in [0.15, 0.2) is 0 Å². The number of nitrogens with zero attached hydrogens (tertiary/aromatic N) is 6. The van der Waals surface area contributed by atoms with E-state index in [-0.39, 0.29) is 14.5 Å². The van der Waals surface area contributed by atoms with Gasteiger partial charge in [-0.15, -0.1) is 15.3 Å². The minimum absolute atomic E-state index is 0.116. The fourth-order valence-corrected chi connectivity index (χ4v) is 1.47. The van der Waals surface area contributed by atoms with Gasteiger partial charge in [-0.2, -0.15) is 26.3 Å². The van der Waals surface area contributed by atoms with Crippen molar-refractivity contribution in [1.29, 1.82) is 0 Å². The average Bonchev–Trinajstić information content (AvgIpc) is 3.10. The molecular weight excluding hydrogens is 365 g/mol. The van der Waals surface area contributed by atoms with Crippen LogP contribution < -0.4 is 14.3 Å². The van der Waals surface area contributed by atoms with Crippen LogP contribution >= 0.6 is 0 Å². The number of halogens is 6. The van der Waals surface area contributed by atoms with Crippen molar-refractivity contribution < 1.29 is 40.6 Å². The summed E-state index contributed by atoms with van der Waals surface area (Å²) < 4.78 is 92.1. The summed E-state index contributed by atoms with van der Waals surface area (Å²) in [5, 5.41) is 8.66. The van der Waals surface area contributed by atoms with Crippen LogP contribution in [-0.2, 0) is 0 Å². The van der Waals surface area contributed by atoms with Crippen molar-refractivity contribution in [2.24, 2.45) is 0 Å². The molecule has 0 aliphatic rings. The van der Waals surface area contributed by atoms with E-state index < -0.39 is 43.0 Å². The van der Waals surface area contributed by atoms with Crippen LogP contribution in [0.2, 0.25) is 0 Å². The highest BCUT2D eigenvalue weighted by atomic mass is 19.2. The van der Waals surface area contributed by atoms with Crippen molar-refractivity contribution >= 4 is 7.32 Å². The molecule has 0 radical (unpaired) electrons. The zero-order valence-corrected chi connectivity index (χ0v) is 11.5. The van der Waals surface area contributed by atoms with Crippen molar-refractivity contribution in [3.8, 4) is 0 Å². The summed E-state index contributed by atoms with van der Waals surface area (Å²) in [6, 6.07) is 0.873. The van der Waals surface area contributed by atoms with E-state index in [1.807, 2.05) is 0 Å². The minimum atomic E-state index is -2.36. The molecule has 0 unspecified atom stereocenters. The zero-order chi connectivity index (χ0) is 18.1. The highest BCUT2D eigenvalue weighted by Crippen LogP contribution is 2.03. The van der Waals surface area contributed by atoms with Crippen LogP contribution in [0.5, 0.6) is 0 Å². The Bertz CT molecular complexity index is 784. The first-order chi connectivity index (χ1) is 11.8. The van der Waals surface area contributed by atoms with Crippen LogP contribution in [0.1, 0.15) is 0 Å². The highest BCUT2D eigenvalue weighted by molar-refractivity contribution is 6.37. The second-order valence-electron chi connectivity index (χ2n) is 4.09. The molecule has 3 aromatic rings. The minimum Gasteiger partial charge on any atom is -0.378 e. The molecule has 0 saturated carbocycles. The van der Waals surface area contributed by atoms with Gasteiger partial charge in [0.25, 0.3) is 17.8 Å². The molecule has 16 heteroatoms. The molecule has 132 valence electrons. The Kier molecular flexibility index (Phi) is 4.16. The van der Waals surface area contributed by atoms with Crippen LogP contribution in [0, 0.1) is 35.7 Å². The number of rotatable bonds is 6. The van der Waals surface area contributed by atoms with Gasteiger partial charge in [0, 0.05) is 0 Å². The van der Waals surface area contributed by atoms with E-state index in [0.29, 0.717) is 18.2 Å². The van der Waals surface area contributed by atoms with Gasteiger partial charge in [0.05, 0.1) is 18.2 Å². The van der Waals surface area contributed by atoms with Gasteiger partial charge in [-0.05, 0) is 0 Å². The van der Waals surface area contributed by atoms with Gasteiger partial charge in [-0.1, -0.05) is 14.5 Å². The van der Waals surface area contributed by atoms with E-state index in [0.717, 1.165) is 0 Å². The summed E-state index contributed by atoms with van der Waals surface area (Å²) in [7, 11) is -2.36. The normalized spacial score (nSPS) is 10.8. The fourth-order valence-electron chi connectivity index (χ4n) is 1.47. The van der Waals surface area contributed by atoms with Crippen LogP contribution in [-0.4, -0.2) is 37.2 Å². The molecule has 0 amide bonds. The Morgan fingerprint density at radius 1 is 0.600 bits per heavy atom. The van der Waals surface area contributed by atoms with Crippen LogP contribution in [0.25, 0.3) is 0 Å². The number of hydrogen-bond donors (Lipinski definition) is 0. The highest BCUT2D eigenvalue weighted by Gasteiger charge is 2.37. The maximum Gasteiger partial charge on any atom is 0.929 e. The molecule has 0 bridgehead atoms. The third-order valence-electron chi connectivity index (χ3n) is 2.38. The molecule has 25 heavy (non-hydrogen) atoms. The molecule has 0 fully saturated rings. The predicted molar refractivity (Wildman–Crippen MR) is 61.9 cm³/mol. The van der Waals surface area contributed by atoms with Crippen LogP contribution in [0.4, 0.5) is 26.3 Å². The van der Waals surface area contributed by atoms with Gasteiger partial charge >= 0.3 is 7.32 Å². The lowest BCUT2D eigenvalue weighted by atomic mass is 10.3. The monoisotopic (exact) mass is 368 g/mol. The lowest BCUT2D eigenvalue weighted by molar-refractivity contribution is 0.0132. The maximum atomic E-state index is 13.3. The molecule has 3 heterocycles. The van der Waals surface area contributed by atoms with Crippen molar-refractivity contribution in [2.75, 3.05) is 0 Å². The van der Waals surface area contributed by atoms with Gasteiger partial charge in [0.2, 0.25) is 17.8 Å². The fraction of sp³-hybridized carbons (Fsp3) is 0. The van der Waals surface area contributed by atoms with E-state index >= 15 is 0 Å². The second-order valence-corrected chi connectivity index (χ2v) is 4.09. The summed E-state index contributed by atoms with van der Waals surface area (Å²) in [6.45, 7) is 0. The Balaban J connectivity index is 1.85. The van der Waals surface area contributed by atoms with Crippen molar-refractivity contribution in [3.05, 3.63) is 53.9 Å². The van der Waals surface area contributed by atoms with E-state index in [2.05, 4.69) is 29.6 Å². The molecule has 0 aromatic carbocycles. The molecule has 0 atom stereocenters. The smallest absolute Gasteiger partial charge is 0.378 e. The molecule has 0 spiro atoms. The first-order valence-corrected chi connectivity index (χ1v) is 6.06. The van der Waals surface area contributed by atoms with Gasteiger partial charge in [-0.3, -0.25) is 0 Å². The summed E-state index contributed by atoms with van der Waals surface area (Å²) in [6.07, 6.45) is 0. The van der Waals surface area contributed by atoms with E-state index in [4.69, 9.17) is 0 Å². The molecule has 0 aliphatic heterocycles. The van der Waals surface area contributed by atoms with E-state index in [1.54, 1.807) is 0 Å². The molecule has 0 N–H and O–H groups in total. The molecule has 3 rings (SSSR count). The first-order valence-electron chi connectivity index (χ1n) is 6.06. The predicted octanol–water partition coefficient (Wildman–Crippen LogP) is -0.218. The Hall–Kier alpha value is -3.33. The summed E-state index contributed by atoms with van der Waals surface area (Å²) in [4.78, 5) is -0.347. The average molecular weight is 368 g/mol. The third-order valence-corrected chi connectivity index (χ3v) is 2.38. The van der Waals surface area contributed by atoms with E-state index in [1.165, 1.54) is 0 Å². The molecule has 0 saturated heterocycles. The second kappa shape index (κ2) is 6.29. The maximum absolute atomic E-state index is 13.3.